The molecule has 2 rings (SSSR count). The second-order valence-corrected chi connectivity index (χ2v) is 3.94. The highest BCUT2D eigenvalue weighted by Crippen LogP contribution is 2.20. The van der Waals surface area contributed by atoms with Crippen LogP contribution in [-0.4, -0.2) is 40.9 Å². The minimum absolute atomic E-state index is 0.195. The molecule has 0 radical (unpaired) electrons. The van der Waals surface area contributed by atoms with Crippen molar-refractivity contribution < 1.29 is 9.90 Å². The second kappa shape index (κ2) is 4.14. The van der Waals surface area contributed by atoms with E-state index in [1.165, 1.54) is 0 Å². The van der Waals surface area contributed by atoms with Crippen molar-refractivity contribution >= 4 is 11.6 Å². The number of amides is 1. The summed E-state index contributed by atoms with van der Waals surface area (Å²) in [6.07, 6.45) is 3.34. The molecule has 1 unspecified atom stereocenters. The van der Waals surface area contributed by atoms with Gasteiger partial charge < -0.3 is 10.0 Å². The fourth-order valence-corrected chi connectivity index (χ4v) is 2.02. The summed E-state index contributed by atoms with van der Waals surface area (Å²) in [6, 6.07) is 0. The van der Waals surface area contributed by atoms with Crippen LogP contribution in [0.1, 0.15) is 26.2 Å². The normalized spacial score (nSPS) is 25.5. The van der Waals surface area contributed by atoms with Crippen LogP contribution >= 0.6 is 0 Å². The first-order chi connectivity index (χ1) is 7.20. The lowest BCUT2D eigenvalue weighted by Gasteiger charge is -2.31. The highest BCUT2D eigenvalue weighted by Gasteiger charge is 2.25. The van der Waals surface area contributed by atoms with Crippen molar-refractivity contribution in [2.75, 3.05) is 13.1 Å². The number of hydrogen-bond donors (Lipinski definition) is 1. The minimum atomic E-state index is -0.572. The van der Waals surface area contributed by atoms with E-state index in [0.717, 1.165) is 24.3 Å². The predicted octanol–water partition coefficient (Wildman–Crippen LogP) is 0.718. The van der Waals surface area contributed by atoms with Gasteiger partial charge in [0.25, 0.3) is 0 Å². The van der Waals surface area contributed by atoms with Crippen LogP contribution in [0.2, 0.25) is 0 Å². The fourth-order valence-electron chi connectivity index (χ4n) is 2.02. The first-order valence-electron chi connectivity index (χ1n) is 5.42. The monoisotopic (exact) mass is 208 g/mol. The Bertz CT molecular complexity index is 333. The van der Waals surface area contributed by atoms with Crippen LogP contribution in [0.3, 0.4) is 0 Å². The number of dihydropyridines is 1. The molecule has 2 heterocycles. The van der Waals surface area contributed by atoms with Crippen molar-refractivity contribution in [3.8, 4) is 0 Å². The third kappa shape index (κ3) is 2.09. The first kappa shape index (κ1) is 10.4. The molecule has 1 fully saturated rings. The summed E-state index contributed by atoms with van der Waals surface area (Å²) in [5.74, 6) is 0.195. The third-order valence-corrected chi connectivity index (χ3v) is 2.89. The van der Waals surface area contributed by atoms with Crippen molar-refractivity contribution in [3.05, 3.63) is 11.6 Å². The van der Waals surface area contributed by atoms with Crippen LogP contribution in [0.15, 0.2) is 16.6 Å². The van der Waals surface area contributed by atoms with Crippen molar-refractivity contribution in [3.63, 3.8) is 0 Å². The number of nitrogens with zero attached hydrogens (tertiary/aromatic N) is 2. The summed E-state index contributed by atoms with van der Waals surface area (Å²) >= 11 is 0. The van der Waals surface area contributed by atoms with E-state index in [1.54, 1.807) is 0 Å². The molecule has 1 N–H and O–H groups in total. The van der Waals surface area contributed by atoms with E-state index >= 15 is 0 Å². The number of likely N-dealkylation sites (tertiary alicyclic amines) is 1. The molecule has 4 nitrogen and oxygen atoms in total. The number of rotatable bonds is 1. The van der Waals surface area contributed by atoms with E-state index in [0.29, 0.717) is 19.4 Å². The summed E-state index contributed by atoms with van der Waals surface area (Å²) in [5.41, 5.74) is 2.10. The molecule has 15 heavy (non-hydrogen) atoms. The van der Waals surface area contributed by atoms with Crippen molar-refractivity contribution in [1.82, 2.24) is 4.90 Å². The lowest BCUT2D eigenvalue weighted by Crippen LogP contribution is -2.41. The Labute approximate surface area is 89.3 Å². The Morgan fingerprint density at radius 2 is 2.53 bits per heavy atom. The van der Waals surface area contributed by atoms with Gasteiger partial charge in [0.15, 0.2) is 0 Å². The van der Waals surface area contributed by atoms with Crippen LogP contribution < -0.4 is 0 Å². The molecule has 0 aromatic heterocycles. The SMILES string of the molecule is CCC(=O)N1CCC2=NC(O)CC=C2C1. The van der Waals surface area contributed by atoms with Crippen LogP contribution in [0.25, 0.3) is 0 Å². The number of fused-ring (bicyclic) bond motifs is 1. The molecule has 1 atom stereocenters. The van der Waals surface area contributed by atoms with E-state index < -0.39 is 6.23 Å². The second-order valence-electron chi connectivity index (χ2n) is 3.94. The Morgan fingerprint density at radius 1 is 1.73 bits per heavy atom. The summed E-state index contributed by atoms with van der Waals surface area (Å²) in [4.78, 5) is 17.6. The van der Waals surface area contributed by atoms with E-state index in [4.69, 9.17) is 0 Å². The molecule has 2 aliphatic rings. The molecule has 0 aromatic rings. The molecule has 0 bridgehead atoms. The standard InChI is InChI=1S/C11H16N2O2/c1-2-11(15)13-6-5-9-8(7-13)3-4-10(14)12-9/h3,10,14H,2,4-7H2,1H3. The van der Waals surface area contributed by atoms with E-state index in [2.05, 4.69) is 4.99 Å². The number of hydrogen-bond acceptors (Lipinski definition) is 3. The van der Waals surface area contributed by atoms with Crippen LogP contribution in [-0.2, 0) is 4.79 Å². The average Bonchev–Trinajstić information content (AvgIpc) is 2.27. The van der Waals surface area contributed by atoms with Gasteiger partial charge in [-0.05, 0) is 5.57 Å². The zero-order valence-corrected chi connectivity index (χ0v) is 8.94. The largest absolute Gasteiger partial charge is 0.371 e. The topological polar surface area (TPSA) is 52.9 Å². The Balaban J connectivity index is 2.08. The van der Waals surface area contributed by atoms with Gasteiger partial charge >= 0.3 is 0 Å². The smallest absolute Gasteiger partial charge is 0.222 e. The first-order valence-corrected chi connectivity index (χ1v) is 5.42. The fraction of sp³-hybridized carbons (Fsp3) is 0.636. The number of carbonyl (C=O) groups excluding carboxylic acids is 1. The zero-order valence-electron chi connectivity index (χ0n) is 8.94. The Hall–Kier alpha value is -1.16. The maximum atomic E-state index is 11.5. The zero-order chi connectivity index (χ0) is 10.8. The minimum Gasteiger partial charge on any atom is -0.371 e. The molecule has 0 saturated carbocycles. The maximum Gasteiger partial charge on any atom is 0.222 e. The van der Waals surface area contributed by atoms with Crippen LogP contribution in [0.5, 0.6) is 0 Å². The molecule has 4 heteroatoms. The maximum absolute atomic E-state index is 11.5. The number of aliphatic hydroxyl groups is 1. The number of carbonyl (C=O) groups is 1. The highest BCUT2D eigenvalue weighted by molar-refractivity contribution is 6.02. The van der Waals surface area contributed by atoms with Crippen molar-refractivity contribution in [2.24, 2.45) is 4.99 Å². The van der Waals surface area contributed by atoms with Gasteiger partial charge in [-0.3, -0.25) is 9.79 Å². The molecule has 1 amide bonds. The van der Waals surface area contributed by atoms with E-state index in [9.17, 15) is 9.90 Å². The van der Waals surface area contributed by atoms with E-state index in [1.807, 2.05) is 17.9 Å². The number of aliphatic hydroxyl groups excluding tert-OH is 1. The third-order valence-electron chi connectivity index (χ3n) is 2.89. The summed E-state index contributed by atoms with van der Waals surface area (Å²) in [5, 5.41) is 9.36. The summed E-state index contributed by atoms with van der Waals surface area (Å²) < 4.78 is 0. The predicted molar refractivity (Wildman–Crippen MR) is 57.6 cm³/mol. The highest BCUT2D eigenvalue weighted by atomic mass is 16.3. The van der Waals surface area contributed by atoms with Crippen LogP contribution in [0.4, 0.5) is 0 Å². The van der Waals surface area contributed by atoms with Gasteiger partial charge in [-0.25, -0.2) is 0 Å². The van der Waals surface area contributed by atoms with Gasteiger partial charge in [0.2, 0.25) is 5.91 Å². The van der Waals surface area contributed by atoms with Crippen molar-refractivity contribution in [2.45, 2.75) is 32.4 Å². The molecule has 0 spiro atoms. The quantitative estimate of drug-likeness (QED) is 0.690. The summed E-state index contributed by atoms with van der Waals surface area (Å²) in [7, 11) is 0. The van der Waals surface area contributed by atoms with Gasteiger partial charge in [0.1, 0.15) is 6.23 Å². The van der Waals surface area contributed by atoms with Crippen molar-refractivity contribution in [1.29, 1.82) is 0 Å². The number of aliphatic imine (C=N–C) groups is 1. The molecule has 0 aromatic carbocycles. The van der Waals surface area contributed by atoms with Crippen LogP contribution in [0, 0.1) is 0 Å². The molecular formula is C11H16N2O2. The molecule has 0 aliphatic carbocycles. The Morgan fingerprint density at radius 3 is 3.27 bits per heavy atom. The van der Waals surface area contributed by atoms with Gasteiger partial charge in [-0.2, -0.15) is 0 Å². The summed E-state index contributed by atoms with van der Waals surface area (Å²) in [6.45, 7) is 3.28. The lowest BCUT2D eigenvalue weighted by atomic mass is 9.98. The lowest BCUT2D eigenvalue weighted by molar-refractivity contribution is -0.130. The molecule has 82 valence electrons. The number of piperidine rings is 1. The Kier molecular flexibility index (Phi) is 2.86. The molecule has 1 saturated heterocycles. The van der Waals surface area contributed by atoms with Gasteiger partial charge in [0, 0.05) is 38.1 Å². The van der Waals surface area contributed by atoms with Gasteiger partial charge in [0.05, 0.1) is 0 Å². The van der Waals surface area contributed by atoms with E-state index in [-0.39, 0.29) is 5.91 Å². The molecular weight excluding hydrogens is 192 g/mol. The molecule has 2 aliphatic heterocycles. The van der Waals surface area contributed by atoms with Gasteiger partial charge in [-0.15, -0.1) is 0 Å². The van der Waals surface area contributed by atoms with Gasteiger partial charge in [-0.1, -0.05) is 13.0 Å². The average molecular weight is 208 g/mol.